The molecule has 0 unspecified atom stereocenters. The van der Waals surface area contributed by atoms with Gasteiger partial charge in [0.1, 0.15) is 5.82 Å². The number of hydrogen-bond acceptors (Lipinski definition) is 4. The Kier molecular flexibility index (Phi) is 5.88. The van der Waals surface area contributed by atoms with Crippen LogP contribution in [0.4, 0.5) is 10.1 Å². The fraction of sp³-hybridized carbons (Fsp3) is 0.167. The highest BCUT2D eigenvalue weighted by Crippen LogP contribution is 2.19. The normalized spacial score (nSPS) is 11.5. The Morgan fingerprint density at radius 2 is 1.88 bits per heavy atom. The van der Waals surface area contributed by atoms with Crippen LogP contribution in [0.2, 0.25) is 5.02 Å². The highest BCUT2D eigenvalue weighted by atomic mass is 35.5. The van der Waals surface area contributed by atoms with E-state index in [0.29, 0.717) is 11.3 Å². The maximum atomic E-state index is 13.0. The second kappa shape index (κ2) is 7.90. The van der Waals surface area contributed by atoms with Gasteiger partial charge in [-0.2, -0.15) is 0 Å². The maximum absolute atomic E-state index is 13.0. The van der Waals surface area contributed by atoms with Crippen molar-refractivity contribution >= 4 is 34.9 Å². The average Bonchev–Trinajstić information content (AvgIpc) is 2.54. The summed E-state index contributed by atoms with van der Waals surface area (Å²) in [5.41, 5.74) is 0.808. The predicted molar refractivity (Wildman–Crippen MR) is 91.4 cm³/mol. The van der Waals surface area contributed by atoms with Crippen molar-refractivity contribution in [3.8, 4) is 0 Å². The van der Waals surface area contributed by atoms with Crippen molar-refractivity contribution in [1.29, 1.82) is 0 Å². The third kappa shape index (κ3) is 4.87. The Morgan fingerprint density at radius 1 is 1.16 bits per heavy atom. The van der Waals surface area contributed by atoms with E-state index in [1.165, 1.54) is 26.0 Å². The number of halogens is 2. The number of ether oxygens (including phenoxy) is 1. The number of ketones is 1. The number of anilines is 1. The molecule has 0 bridgehead atoms. The van der Waals surface area contributed by atoms with Gasteiger partial charge in [-0.3, -0.25) is 9.59 Å². The smallest absolute Gasteiger partial charge is 0.340 e. The number of hydrogen-bond donors (Lipinski definition) is 1. The highest BCUT2D eigenvalue weighted by Gasteiger charge is 2.21. The van der Waals surface area contributed by atoms with Crippen molar-refractivity contribution in [2.75, 3.05) is 5.32 Å². The molecule has 2 aromatic rings. The summed E-state index contributed by atoms with van der Waals surface area (Å²) in [4.78, 5) is 35.5. The maximum Gasteiger partial charge on any atom is 0.340 e. The van der Waals surface area contributed by atoms with E-state index in [1.54, 1.807) is 18.2 Å². The van der Waals surface area contributed by atoms with Gasteiger partial charge < -0.3 is 10.1 Å². The first kappa shape index (κ1) is 18.6. The molecule has 25 heavy (non-hydrogen) atoms. The van der Waals surface area contributed by atoms with Crippen LogP contribution < -0.4 is 5.32 Å². The van der Waals surface area contributed by atoms with E-state index in [0.717, 1.165) is 12.1 Å². The predicted octanol–water partition coefficient (Wildman–Crippen LogP) is 3.87. The number of rotatable bonds is 5. The quantitative estimate of drug-likeness (QED) is 0.646. The summed E-state index contributed by atoms with van der Waals surface area (Å²) in [6.07, 6.45) is -1.12. The molecule has 0 radical (unpaired) electrons. The van der Waals surface area contributed by atoms with E-state index in [2.05, 4.69) is 5.32 Å². The van der Waals surface area contributed by atoms with Crippen LogP contribution in [0, 0.1) is 5.82 Å². The van der Waals surface area contributed by atoms with Gasteiger partial charge in [0.25, 0.3) is 5.91 Å². The largest absolute Gasteiger partial charge is 0.449 e. The number of benzene rings is 2. The molecular weight excluding hydrogens is 349 g/mol. The Morgan fingerprint density at radius 3 is 2.52 bits per heavy atom. The molecule has 130 valence electrons. The third-order valence-corrected chi connectivity index (χ3v) is 3.65. The van der Waals surface area contributed by atoms with Gasteiger partial charge in [-0.15, -0.1) is 0 Å². The van der Waals surface area contributed by atoms with Crippen LogP contribution in [-0.2, 0) is 9.53 Å². The van der Waals surface area contributed by atoms with Crippen LogP contribution in [0.1, 0.15) is 34.6 Å². The van der Waals surface area contributed by atoms with Crippen LogP contribution in [0.3, 0.4) is 0 Å². The van der Waals surface area contributed by atoms with Gasteiger partial charge in [-0.25, -0.2) is 9.18 Å². The molecule has 0 fully saturated rings. The van der Waals surface area contributed by atoms with Crippen LogP contribution in [-0.4, -0.2) is 23.8 Å². The van der Waals surface area contributed by atoms with E-state index in [9.17, 15) is 18.8 Å². The summed E-state index contributed by atoms with van der Waals surface area (Å²) in [7, 11) is 0. The van der Waals surface area contributed by atoms with Gasteiger partial charge in [-0.05, 0) is 44.2 Å². The first-order valence-corrected chi connectivity index (χ1v) is 7.73. The van der Waals surface area contributed by atoms with Gasteiger partial charge in [0.05, 0.1) is 10.6 Å². The monoisotopic (exact) mass is 363 g/mol. The lowest BCUT2D eigenvalue weighted by Crippen LogP contribution is -2.30. The van der Waals surface area contributed by atoms with Crippen LogP contribution >= 0.6 is 11.6 Å². The zero-order valence-electron chi connectivity index (χ0n) is 13.5. The molecule has 2 aromatic carbocycles. The SMILES string of the molecule is CC(=O)c1cccc(NC(=O)[C@H](C)OC(=O)c2ccc(F)cc2Cl)c1. The van der Waals surface area contributed by atoms with Gasteiger partial charge >= 0.3 is 5.97 Å². The minimum Gasteiger partial charge on any atom is -0.449 e. The van der Waals surface area contributed by atoms with Crippen LogP contribution in [0.15, 0.2) is 42.5 Å². The molecule has 0 aliphatic carbocycles. The van der Waals surface area contributed by atoms with Gasteiger partial charge in [0.2, 0.25) is 0 Å². The van der Waals surface area contributed by atoms with E-state index < -0.39 is 23.8 Å². The minimum absolute atomic E-state index is 0.0405. The number of nitrogens with one attached hydrogen (secondary N) is 1. The zero-order chi connectivity index (χ0) is 18.6. The van der Waals surface area contributed by atoms with Gasteiger partial charge in [-0.1, -0.05) is 23.7 Å². The van der Waals surface area contributed by atoms with E-state index in [-0.39, 0.29) is 16.4 Å². The topological polar surface area (TPSA) is 72.5 Å². The lowest BCUT2D eigenvalue weighted by Gasteiger charge is -2.14. The van der Waals surface area contributed by atoms with E-state index >= 15 is 0 Å². The average molecular weight is 364 g/mol. The zero-order valence-corrected chi connectivity index (χ0v) is 14.3. The summed E-state index contributed by atoms with van der Waals surface area (Å²) >= 11 is 5.79. The summed E-state index contributed by atoms with van der Waals surface area (Å²) in [5.74, 6) is -2.14. The molecule has 0 saturated carbocycles. The third-order valence-electron chi connectivity index (χ3n) is 3.34. The first-order valence-electron chi connectivity index (χ1n) is 7.36. The molecule has 1 N–H and O–H groups in total. The molecule has 1 atom stereocenters. The molecule has 5 nitrogen and oxygen atoms in total. The standard InChI is InChI=1S/C18H15ClFNO4/c1-10(22)12-4-3-5-14(8-12)21-17(23)11(2)25-18(24)15-7-6-13(20)9-16(15)19/h3-9,11H,1-2H3,(H,21,23)/t11-/m0/s1. The van der Waals surface area contributed by atoms with Gasteiger partial charge in [0, 0.05) is 11.3 Å². The molecule has 7 heteroatoms. The summed E-state index contributed by atoms with van der Waals surface area (Å²) in [6.45, 7) is 2.80. The number of amides is 1. The lowest BCUT2D eigenvalue weighted by atomic mass is 10.1. The Labute approximate surface area is 148 Å². The molecule has 1 amide bonds. The summed E-state index contributed by atoms with van der Waals surface area (Å²) < 4.78 is 18.1. The van der Waals surface area contributed by atoms with Crippen LogP contribution in [0.5, 0.6) is 0 Å². The van der Waals surface area contributed by atoms with Gasteiger partial charge in [0.15, 0.2) is 11.9 Å². The second-order valence-electron chi connectivity index (χ2n) is 5.30. The molecule has 0 aliphatic heterocycles. The Bertz CT molecular complexity index is 838. The van der Waals surface area contributed by atoms with Crippen molar-refractivity contribution in [2.45, 2.75) is 20.0 Å². The van der Waals surface area contributed by atoms with Crippen molar-refractivity contribution in [3.05, 3.63) is 64.4 Å². The fourth-order valence-electron chi connectivity index (χ4n) is 1.99. The number of Topliss-reactive ketones (excluding diaryl/α,β-unsaturated/α-hetero) is 1. The second-order valence-corrected chi connectivity index (χ2v) is 5.71. The van der Waals surface area contributed by atoms with Crippen molar-refractivity contribution < 1.29 is 23.5 Å². The molecular formula is C18H15ClFNO4. The van der Waals surface area contributed by atoms with Crippen molar-refractivity contribution in [2.24, 2.45) is 0 Å². The molecule has 0 heterocycles. The first-order chi connectivity index (χ1) is 11.8. The molecule has 2 rings (SSSR count). The number of carbonyl (C=O) groups is 3. The fourth-order valence-corrected chi connectivity index (χ4v) is 2.24. The molecule has 0 saturated heterocycles. The molecule has 0 aromatic heterocycles. The van der Waals surface area contributed by atoms with Crippen LogP contribution in [0.25, 0.3) is 0 Å². The molecule has 0 spiro atoms. The Balaban J connectivity index is 2.03. The highest BCUT2D eigenvalue weighted by molar-refractivity contribution is 6.33. The summed E-state index contributed by atoms with van der Waals surface area (Å²) in [6, 6.07) is 9.61. The number of carbonyl (C=O) groups excluding carboxylic acids is 3. The van der Waals surface area contributed by atoms with Crippen molar-refractivity contribution in [3.63, 3.8) is 0 Å². The minimum atomic E-state index is -1.12. The Hall–Kier alpha value is -2.73. The van der Waals surface area contributed by atoms with E-state index in [1.807, 2.05) is 0 Å². The lowest BCUT2D eigenvalue weighted by molar-refractivity contribution is -0.123. The summed E-state index contributed by atoms with van der Waals surface area (Å²) in [5, 5.41) is 2.45. The van der Waals surface area contributed by atoms with Crippen molar-refractivity contribution in [1.82, 2.24) is 0 Å². The van der Waals surface area contributed by atoms with E-state index in [4.69, 9.17) is 16.3 Å². The number of esters is 1. The molecule has 0 aliphatic rings.